The number of anilines is 1. The van der Waals surface area contributed by atoms with E-state index in [1.807, 2.05) is 13.8 Å². The van der Waals surface area contributed by atoms with Gasteiger partial charge in [-0.1, -0.05) is 58.4 Å². The number of pyridine rings is 1. The first-order valence-electron chi connectivity index (χ1n) is 11.1. The van der Waals surface area contributed by atoms with Crippen molar-refractivity contribution in [2.75, 3.05) is 5.32 Å². The minimum atomic E-state index is -1.08. The predicted octanol–water partition coefficient (Wildman–Crippen LogP) is 4.74. The standard InChI is InChI=1S/C16H23N5O2.C6H12.C2H6/c1-5-19-13(17)9-11(10(2)15(18)22)20-14-8-6-7-12(21-14)16(3,4)23;1-2-4-6-5-3-1;1-2/h5-9,23H,17H2,1-4H3,(H2,18,22)(H,20,21);1-6H2;1-2H3/b11-10-,13-9-,19-5-;;. The molecule has 174 valence electrons. The third-order valence-corrected chi connectivity index (χ3v) is 4.48. The number of rotatable bonds is 6. The van der Waals surface area contributed by atoms with Crippen LogP contribution in [-0.2, 0) is 10.4 Å². The number of aliphatic imine (C=N–C) groups is 1. The molecule has 0 unspecified atom stereocenters. The first-order valence-corrected chi connectivity index (χ1v) is 11.1. The van der Waals surface area contributed by atoms with Crippen LogP contribution in [0.4, 0.5) is 5.82 Å². The Labute approximate surface area is 187 Å². The zero-order valence-electron chi connectivity index (χ0n) is 20.0. The van der Waals surface area contributed by atoms with E-state index in [4.69, 9.17) is 11.5 Å². The topological polar surface area (TPSA) is 127 Å². The van der Waals surface area contributed by atoms with E-state index in [0.29, 0.717) is 17.2 Å². The Morgan fingerprint density at radius 1 is 1.13 bits per heavy atom. The van der Waals surface area contributed by atoms with Gasteiger partial charge in [0.15, 0.2) is 0 Å². The van der Waals surface area contributed by atoms with Gasteiger partial charge in [0.2, 0.25) is 5.91 Å². The zero-order chi connectivity index (χ0) is 23.9. The lowest BCUT2D eigenvalue weighted by Crippen LogP contribution is -2.19. The summed E-state index contributed by atoms with van der Waals surface area (Å²) in [5.41, 5.74) is 11.2. The van der Waals surface area contributed by atoms with Gasteiger partial charge in [-0.3, -0.25) is 4.79 Å². The molecule has 6 N–H and O–H groups in total. The van der Waals surface area contributed by atoms with Gasteiger partial charge in [-0.25, -0.2) is 9.98 Å². The number of primary amides is 1. The van der Waals surface area contributed by atoms with E-state index in [2.05, 4.69) is 15.3 Å². The van der Waals surface area contributed by atoms with Gasteiger partial charge in [0, 0.05) is 17.9 Å². The molecule has 7 heteroatoms. The van der Waals surface area contributed by atoms with Crippen molar-refractivity contribution < 1.29 is 9.90 Å². The highest BCUT2D eigenvalue weighted by atomic mass is 16.3. The van der Waals surface area contributed by atoms with Gasteiger partial charge in [-0.15, -0.1) is 0 Å². The molecular formula is C24H41N5O2. The Morgan fingerprint density at radius 2 is 1.65 bits per heavy atom. The van der Waals surface area contributed by atoms with Crippen molar-refractivity contribution in [3.8, 4) is 0 Å². The predicted molar refractivity (Wildman–Crippen MR) is 130 cm³/mol. The minimum Gasteiger partial charge on any atom is -0.384 e. The lowest BCUT2D eigenvalue weighted by molar-refractivity contribution is -0.114. The highest BCUT2D eigenvalue weighted by molar-refractivity contribution is 5.93. The first kappa shape index (κ1) is 28.3. The number of nitrogens with one attached hydrogen (secondary N) is 1. The Kier molecular flexibility index (Phi) is 13.9. The van der Waals surface area contributed by atoms with E-state index in [9.17, 15) is 9.90 Å². The van der Waals surface area contributed by atoms with Crippen molar-refractivity contribution in [2.24, 2.45) is 16.5 Å². The van der Waals surface area contributed by atoms with E-state index in [0.717, 1.165) is 0 Å². The molecule has 0 aromatic carbocycles. The third kappa shape index (κ3) is 11.9. The van der Waals surface area contributed by atoms with Crippen molar-refractivity contribution in [1.82, 2.24) is 4.98 Å². The van der Waals surface area contributed by atoms with Gasteiger partial charge in [-0.2, -0.15) is 0 Å². The van der Waals surface area contributed by atoms with Crippen LogP contribution in [0.3, 0.4) is 0 Å². The number of carbonyl (C=O) groups excluding carboxylic acids is 1. The van der Waals surface area contributed by atoms with Crippen LogP contribution in [0.2, 0.25) is 0 Å². The number of aromatic nitrogens is 1. The lowest BCUT2D eigenvalue weighted by Gasteiger charge is -2.18. The molecule has 0 atom stereocenters. The maximum Gasteiger partial charge on any atom is 0.246 e. The Morgan fingerprint density at radius 3 is 2.06 bits per heavy atom. The SMILES string of the molecule is C1CCCCC1.CC.C\C=N/C(N)=C\C(Nc1cccc(C(C)(C)O)n1)=C(/C)C(N)=O. The second kappa shape index (κ2) is 15.2. The normalized spacial score (nSPS) is 15.1. The van der Waals surface area contributed by atoms with Crippen molar-refractivity contribution in [3.05, 3.63) is 47.1 Å². The summed E-state index contributed by atoms with van der Waals surface area (Å²) in [6.45, 7) is 10.6. The maximum absolute atomic E-state index is 11.5. The molecule has 31 heavy (non-hydrogen) atoms. The molecule has 0 radical (unpaired) electrons. The summed E-state index contributed by atoms with van der Waals surface area (Å²) in [6, 6.07) is 5.16. The molecule has 1 fully saturated rings. The largest absolute Gasteiger partial charge is 0.384 e. The molecule has 0 bridgehead atoms. The number of hydrogen-bond acceptors (Lipinski definition) is 6. The number of allylic oxidation sites excluding steroid dienone is 1. The number of aliphatic hydroxyl groups is 1. The smallest absolute Gasteiger partial charge is 0.246 e. The van der Waals surface area contributed by atoms with Crippen molar-refractivity contribution >= 4 is 17.9 Å². The average Bonchev–Trinajstić information content (AvgIpc) is 2.75. The van der Waals surface area contributed by atoms with Crippen LogP contribution in [0.1, 0.15) is 85.8 Å². The lowest BCUT2D eigenvalue weighted by atomic mass is 10.0. The van der Waals surface area contributed by atoms with Crippen LogP contribution in [0.15, 0.2) is 46.4 Å². The van der Waals surface area contributed by atoms with E-state index in [1.165, 1.54) is 50.8 Å². The molecule has 0 spiro atoms. The number of carbonyl (C=O) groups is 1. The molecule has 0 saturated heterocycles. The Hall–Kier alpha value is -2.67. The Balaban J connectivity index is 0.000000945. The van der Waals surface area contributed by atoms with Crippen LogP contribution in [0, 0.1) is 0 Å². The molecular weight excluding hydrogens is 390 g/mol. The minimum absolute atomic E-state index is 0.217. The summed E-state index contributed by atoms with van der Waals surface area (Å²) >= 11 is 0. The summed E-state index contributed by atoms with van der Waals surface area (Å²) in [7, 11) is 0. The van der Waals surface area contributed by atoms with Crippen molar-refractivity contribution in [1.29, 1.82) is 0 Å². The zero-order valence-corrected chi connectivity index (χ0v) is 20.0. The summed E-state index contributed by atoms with van der Waals surface area (Å²) in [5.74, 6) is 0.0784. The fourth-order valence-corrected chi connectivity index (χ4v) is 2.75. The summed E-state index contributed by atoms with van der Waals surface area (Å²) in [6.07, 6.45) is 12.0. The highest BCUT2D eigenvalue weighted by Crippen LogP contribution is 2.20. The molecule has 1 saturated carbocycles. The highest BCUT2D eigenvalue weighted by Gasteiger charge is 2.18. The summed E-state index contributed by atoms with van der Waals surface area (Å²) in [4.78, 5) is 19.7. The number of amides is 1. The van der Waals surface area contributed by atoms with Crippen LogP contribution in [0.5, 0.6) is 0 Å². The molecule has 7 nitrogen and oxygen atoms in total. The summed E-state index contributed by atoms with van der Waals surface area (Å²) in [5, 5.41) is 13.0. The van der Waals surface area contributed by atoms with Crippen LogP contribution in [-0.4, -0.2) is 22.2 Å². The number of hydrogen-bond donors (Lipinski definition) is 4. The van der Waals surface area contributed by atoms with Gasteiger partial charge < -0.3 is 21.9 Å². The molecule has 2 rings (SSSR count). The van der Waals surface area contributed by atoms with Crippen LogP contribution >= 0.6 is 0 Å². The van der Waals surface area contributed by atoms with Crippen LogP contribution < -0.4 is 16.8 Å². The average molecular weight is 432 g/mol. The quantitative estimate of drug-likeness (QED) is 0.294. The molecule has 1 amide bonds. The van der Waals surface area contributed by atoms with Crippen LogP contribution in [0.25, 0.3) is 0 Å². The van der Waals surface area contributed by atoms with E-state index in [1.54, 1.807) is 45.9 Å². The maximum atomic E-state index is 11.5. The van der Waals surface area contributed by atoms with E-state index in [-0.39, 0.29) is 11.4 Å². The van der Waals surface area contributed by atoms with Gasteiger partial charge in [0.1, 0.15) is 17.2 Å². The number of nitrogens with two attached hydrogens (primary N) is 2. The van der Waals surface area contributed by atoms with Gasteiger partial charge in [0.25, 0.3) is 0 Å². The second-order valence-corrected chi connectivity index (χ2v) is 7.57. The monoisotopic (exact) mass is 431 g/mol. The second-order valence-electron chi connectivity index (χ2n) is 7.57. The fourth-order valence-electron chi connectivity index (χ4n) is 2.75. The molecule has 1 heterocycles. The van der Waals surface area contributed by atoms with Crippen molar-refractivity contribution in [3.63, 3.8) is 0 Å². The van der Waals surface area contributed by atoms with Gasteiger partial charge in [-0.05, 0) is 39.8 Å². The molecule has 1 aliphatic carbocycles. The molecule has 1 aromatic heterocycles. The summed E-state index contributed by atoms with van der Waals surface area (Å²) < 4.78 is 0. The van der Waals surface area contributed by atoms with E-state index >= 15 is 0 Å². The fraction of sp³-hybridized carbons (Fsp3) is 0.542. The van der Waals surface area contributed by atoms with Gasteiger partial charge >= 0.3 is 0 Å². The number of nitrogens with zero attached hydrogens (tertiary/aromatic N) is 2. The molecule has 1 aliphatic rings. The third-order valence-electron chi connectivity index (χ3n) is 4.48. The van der Waals surface area contributed by atoms with Gasteiger partial charge in [0.05, 0.1) is 11.4 Å². The first-order chi connectivity index (χ1) is 14.6. The molecule has 0 aliphatic heterocycles. The van der Waals surface area contributed by atoms with Crippen molar-refractivity contribution in [2.45, 2.75) is 85.7 Å². The Bertz CT molecular complexity index is 746. The molecule has 1 aromatic rings. The van der Waals surface area contributed by atoms with E-state index < -0.39 is 11.5 Å².